The summed E-state index contributed by atoms with van der Waals surface area (Å²) in [5.41, 5.74) is 3.20. The topological polar surface area (TPSA) is 109 Å². The zero-order chi connectivity index (χ0) is 34.8. The molecule has 11 heteroatoms. The van der Waals surface area contributed by atoms with Crippen LogP contribution in [0.25, 0.3) is 0 Å². The van der Waals surface area contributed by atoms with Gasteiger partial charge in [-0.3, -0.25) is 4.79 Å². The van der Waals surface area contributed by atoms with Crippen LogP contribution < -0.4 is 14.4 Å². The van der Waals surface area contributed by atoms with Crippen LogP contribution in [0.15, 0.2) is 72.8 Å². The molecule has 8 nitrogen and oxygen atoms in total. The number of aliphatic hydroxyl groups is 1. The molecule has 2 N–H and O–H groups in total. The summed E-state index contributed by atoms with van der Waals surface area (Å²) in [7, 11) is -4.03. The van der Waals surface area contributed by atoms with E-state index in [1.165, 1.54) is 11.3 Å². The fourth-order valence-electron chi connectivity index (χ4n) is 6.67. The number of rotatable bonds is 14. The van der Waals surface area contributed by atoms with E-state index in [2.05, 4.69) is 34.2 Å². The van der Waals surface area contributed by atoms with Gasteiger partial charge in [0.05, 0.1) is 22.0 Å². The highest BCUT2D eigenvalue weighted by molar-refractivity contribution is 7.90. The number of thiazole rings is 1. The monoisotopic (exact) mass is 725 g/mol. The summed E-state index contributed by atoms with van der Waals surface area (Å²) in [6.45, 7) is 7.62. The summed E-state index contributed by atoms with van der Waals surface area (Å²) in [4.78, 5) is 20.2. The lowest BCUT2D eigenvalue weighted by molar-refractivity contribution is 0.0461. The Morgan fingerprint density at radius 1 is 1.20 bits per heavy atom. The van der Waals surface area contributed by atoms with Crippen molar-refractivity contribution < 1.29 is 23.1 Å². The van der Waals surface area contributed by atoms with Gasteiger partial charge in [0.15, 0.2) is 0 Å². The lowest BCUT2D eigenvalue weighted by Crippen LogP contribution is -2.43. The molecule has 0 saturated heterocycles. The number of ether oxygens (including phenoxy) is 1. The summed E-state index contributed by atoms with van der Waals surface area (Å²) in [6.07, 6.45) is 14.5. The SMILES string of the molecule is C=CCC[C@@H](Cc1nccs1)S(=O)(=O)NC(=O)c1ccc2c(c1)N(C[C@@H]1CC[C@@H]1[C@@H](O)/C=C/CCC)CCCCc1cc(Cl)ccc1CO2. The number of hydrogen-bond donors (Lipinski definition) is 2. The van der Waals surface area contributed by atoms with Crippen molar-refractivity contribution >= 4 is 44.6 Å². The Hall–Kier alpha value is -3.18. The molecule has 1 fully saturated rings. The fraction of sp³-hybridized carbons (Fsp3) is 0.474. The molecule has 0 radical (unpaired) electrons. The largest absolute Gasteiger partial charge is 0.487 e. The Kier molecular flexibility index (Phi) is 13.4. The second kappa shape index (κ2) is 17.7. The standard InChI is InChI=1S/C38H48ClN3O5S2/c1-3-5-7-12-35(43)33-17-14-29(33)25-42-20-9-8-10-27-22-31(39)16-13-30(27)26-47-36-18-15-28(23-34(36)42)38(44)41-49(45,46)32(11-6-4-2)24-37-40-19-21-48-37/h4,7,12-13,15-16,18-19,21-23,29,32-33,35,43H,2-3,5-6,8-11,14,17,20,24-26H2,1H3,(H,41,44)/b12-7+/t29-,32-,33-,35-/m0/s1. The van der Waals surface area contributed by atoms with Gasteiger partial charge in [0.25, 0.3) is 5.91 Å². The van der Waals surface area contributed by atoms with Crippen molar-refractivity contribution in [2.24, 2.45) is 11.8 Å². The van der Waals surface area contributed by atoms with Crippen LogP contribution in [0.2, 0.25) is 5.02 Å². The summed E-state index contributed by atoms with van der Waals surface area (Å²) in [5.74, 6) is 0.362. The molecule has 2 heterocycles. The number of nitrogens with one attached hydrogen (secondary N) is 1. The minimum absolute atomic E-state index is 0.156. The Labute approximate surface area is 300 Å². The van der Waals surface area contributed by atoms with Crippen LogP contribution in [-0.2, 0) is 29.5 Å². The number of carbonyl (C=O) groups is 1. The zero-order valence-corrected chi connectivity index (χ0v) is 30.6. The average Bonchev–Trinajstić information content (AvgIpc) is 3.57. The molecule has 5 rings (SSSR count). The molecule has 1 amide bonds. The van der Waals surface area contributed by atoms with Crippen molar-refractivity contribution in [1.29, 1.82) is 0 Å². The number of aryl methyl sites for hydroxylation is 1. The molecule has 3 aromatic rings. The number of anilines is 1. The van der Waals surface area contributed by atoms with Crippen LogP contribution in [0.4, 0.5) is 5.69 Å². The van der Waals surface area contributed by atoms with Crippen molar-refractivity contribution in [2.75, 3.05) is 18.0 Å². The van der Waals surface area contributed by atoms with Crippen LogP contribution in [0, 0.1) is 11.8 Å². The van der Waals surface area contributed by atoms with Gasteiger partial charge in [-0.25, -0.2) is 18.1 Å². The predicted octanol–water partition coefficient (Wildman–Crippen LogP) is 7.90. The Balaban J connectivity index is 1.42. The predicted molar refractivity (Wildman–Crippen MR) is 199 cm³/mol. The summed E-state index contributed by atoms with van der Waals surface area (Å²) < 4.78 is 36.0. The molecule has 1 saturated carbocycles. The highest BCUT2D eigenvalue weighted by Crippen LogP contribution is 2.41. The Bertz CT molecular complexity index is 1690. The number of aromatic nitrogens is 1. The third-order valence-corrected chi connectivity index (χ3v) is 12.4. The molecule has 4 atom stereocenters. The summed E-state index contributed by atoms with van der Waals surface area (Å²) in [5, 5.41) is 13.4. The maximum Gasteiger partial charge on any atom is 0.264 e. The van der Waals surface area contributed by atoms with Gasteiger partial charge in [-0.15, -0.1) is 17.9 Å². The van der Waals surface area contributed by atoms with Gasteiger partial charge in [-0.1, -0.05) is 49.2 Å². The van der Waals surface area contributed by atoms with Crippen LogP contribution in [0.3, 0.4) is 0 Å². The molecule has 0 unspecified atom stereocenters. The van der Waals surface area contributed by atoms with Crippen LogP contribution in [0.1, 0.15) is 84.8 Å². The number of unbranched alkanes of at least 4 members (excludes halogenated alkanes) is 1. The molecule has 0 bridgehead atoms. The maximum absolute atomic E-state index is 13.7. The molecular formula is C38H48ClN3O5S2. The van der Waals surface area contributed by atoms with E-state index in [4.69, 9.17) is 16.3 Å². The Morgan fingerprint density at radius 3 is 2.80 bits per heavy atom. The van der Waals surface area contributed by atoms with E-state index in [1.807, 2.05) is 29.7 Å². The lowest BCUT2D eigenvalue weighted by atomic mass is 9.70. The first-order valence-electron chi connectivity index (χ1n) is 17.4. The van der Waals surface area contributed by atoms with E-state index in [0.717, 1.165) is 68.3 Å². The first kappa shape index (κ1) is 37.1. The van der Waals surface area contributed by atoms with E-state index in [9.17, 15) is 18.3 Å². The smallest absolute Gasteiger partial charge is 0.264 e. The van der Waals surface area contributed by atoms with Gasteiger partial charge in [0, 0.05) is 41.7 Å². The third-order valence-electron chi connectivity index (χ3n) is 9.65. The van der Waals surface area contributed by atoms with E-state index >= 15 is 0 Å². The van der Waals surface area contributed by atoms with Crippen molar-refractivity contribution in [1.82, 2.24) is 9.71 Å². The molecule has 264 valence electrons. The van der Waals surface area contributed by atoms with Crippen LogP contribution in [-0.4, -0.2) is 48.9 Å². The average molecular weight is 726 g/mol. The third kappa shape index (κ3) is 9.96. The second-order valence-corrected chi connectivity index (χ2v) is 16.5. The van der Waals surface area contributed by atoms with Gasteiger partial charge in [0.1, 0.15) is 12.4 Å². The maximum atomic E-state index is 13.7. The number of amides is 1. The molecule has 1 aliphatic carbocycles. The lowest BCUT2D eigenvalue weighted by Gasteiger charge is -2.42. The number of benzene rings is 2. The van der Waals surface area contributed by atoms with Gasteiger partial charge in [-0.2, -0.15) is 0 Å². The molecule has 0 spiro atoms. The van der Waals surface area contributed by atoms with Crippen molar-refractivity contribution in [2.45, 2.75) is 89.1 Å². The van der Waals surface area contributed by atoms with E-state index in [0.29, 0.717) is 41.8 Å². The minimum atomic E-state index is -4.03. The molecular weight excluding hydrogens is 678 g/mol. The molecule has 2 aromatic carbocycles. The van der Waals surface area contributed by atoms with E-state index in [-0.39, 0.29) is 23.8 Å². The minimum Gasteiger partial charge on any atom is -0.487 e. The fourth-order valence-corrected chi connectivity index (χ4v) is 9.03. The van der Waals surface area contributed by atoms with Crippen molar-refractivity contribution in [3.05, 3.63) is 99.5 Å². The van der Waals surface area contributed by atoms with Gasteiger partial charge in [0.2, 0.25) is 10.0 Å². The zero-order valence-electron chi connectivity index (χ0n) is 28.2. The molecule has 49 heavy (non-hydrogen) atoms. The number of halogens is 1. The van der Waals surface area contributed by atoms with Gasteiger partial charge < -0.3 is 14.7 Å². The number of sulfonamides is 1. The van der Waals surface area contributed by atoms with Crippen LogP contribution >= 0.6 is 22.9 Å². The quantitative estimate of drug-likeness (QED) is 0.163. The van der Waals surface area contributed by atoms with Gasteiger partial charge in [-0.05, 0) is 105 Å². The highest BCUT2D eigenvalue weighted by atomic mass is 35.5. The number of allylic oxidation sites excluding steroid dienone is 2. The molecule has 1 aromatic heterocycles. The second-order valence-electron chi connectivity index (χ2n) is 13.1. The normalized spacial score (nSPS) is 19.4. The first-order valence-corrected chi connectivity index (χ1v) is 20.2. The molecule has 1 aliphatic heterocycles. The summed E-state index contributed by atoms with van der Waals surface area (Å²) >= 11 is 7.74. The summed E-state index contributed by atoms with van der Waals surface area (Å²) in [6, 6.07) is 11.0. The van der Waals surface area contributed by atoms with Crippen molar-refractivity contribution in [3.8, 4) is 5.75 Å². The van der Waals surface area contributed by atoms with Gasteiger partial charge >= 0.3 is 0 Å². The highest BCUT2D eigenvalue weighted by Gasteiger charge is 2.37. The number of fused-ring (bicyclic) bond motifs is 2. The van der Waals surface area contributed by atoms with Crippen molar-refractivity contribution in [3.63, 3.8) is 0 Å². The number of hydrogen-bond acceptors (Lipinski definition) is 8. The van der Waals surface area contributed by atoms with E-state index in [1.54, 1.807) is 30.5 Å². The number of aliphatic hydroxyl groups excluding tert-OH is 1. The number of nitrogens with zero attached hydrogens (tertiary/aromatic N) is 2. The van der Waals surface area contributed by atoms with Crippen LogP contribution in [0.5, 0.6) is 5.75 Å². The van der Waals surface area contributed by atoms with E-state index < -0.39 is 27.3 Å². The molecule has 2 aliphatic rings. The number of carbonyl (C=O) groups excluding carboxylic acids is 1. The first-order chi connectivity index (χ1) is 23.7. The Morgan fingerprint density at radius 2 is 2.06 bits per heavy atom.